The van der Waals surface area contributed by atoms with Gasteiger partial charge < -0.3 is 10.2 Å². The van der Waals surface area contributed by atoms with Crippen LogP contribution in [0.1, 0.15) is 23.2 Å². The lowest BCUT2D eigenvalue weighted by Crippen LogP contribution is -2.43. The number of ketones is 1. The number of carbonyl (C=O) groups excluding carboxylic acids is 1. The highest BCUT2D eigenvalue weighted by molar-refractivity contribution is 5.96. The highest BCUT2D eigenvalue weighted by Crippen LogP contribution is 2.13. The molecule has 0 aromatic heterocycles. The predicted octanol–water partition coefficient (Wildman–Crippen LogP) is 1.83. The summed E-state index contributed by atoms with van der Waals surface area (Å²) in [6.45, 7) is 4.76. The SMILES string of the molecule is O=C(CCCN1CCNCC1)c1ccc(F)cc1F. The van der Waals surface area contributed by atoms with Gasteiger partial charge in [0.25, 0.3) is 0 Å². The van der Waals surface area contributed by atoms with Gasteiger partial charge in [-0.15, -0.1) is 0 Å². The van der Waals surface area contributed by atoms with Crippen LogP contribution in [0.4, 0.5) is 8.78 Å². The molecule has 1 aromatic rings. The second kappa shape index (κ2) is 6.73. The highest BCUT2D eigenvalue weighted by Gasteiger charge is 2.14. The van der Waals surface area contributed by atoms with E-state index in [-0.39, 0.29) is 11.3 Å². The fraction of sp³-hybridized carbons (Fsp3) is 0.500. The third-order valence-corrected chi connectivity index (χ3v) is 3.32. The molecule has 0 radical (unpaired) electrons. The Labute approximate surface area is 111 Å². The molecule has 1 N–H and O–H groups in total. The molecule has 1 aliphatic heterocycles. The molecule has 19 heavy (non-hydrogen) atoms. The molecule has 0 unspecified atom stereocenters. The molecule has 1 aliphatic rings. The molecule has 5 heteroatoms. The summed E-state index contributed by atoms with van der Waals surface area (Å²) in [5.74, 6) is -1.69. The van der Waals surface area contributed by atoms with Crippen LogP contribution in [0.25, 0.3) is 0 Å². The van der Waals surface area contributed by atoms with E-state index in [1.807, 2.05) is 0 Å². The Bertz CT molecular complexity index is 445. The summed E-state index contributed by atoms with van der Waals surface area (Å²) in [6.07, 6.45) is 1.00. The first-order valence-corrected chi connectivity index (χ1v) is 6.58. The molecule has 1 aromatic carbocycles. The second-order valence-corrected chi connectivity index (χ2v) is 4.74. The normalized spacial score (nSPS) is 16.5. The van der Waals surface area contributed by atoms with Crippen molar-refractivity contribution in [1.29, 1.82) is 0 Å². The Morgan fingerprint density at radius 3 is 2.68 bits per heavy atom. The van der Waals surface area contributed by atoms with Gasteiger partial charge in [0.2, 0.25) is 0 Å². The van der Waals surface area contributed by atoms with Crippen LogP contribution in [0.5, 0.6) is 0 Å². The molecule has 1 fully saturated rings. The summed E-state index contributed by atoms with van der Waals surface area (Å²) in [5.41, 5.74) is -0.0123. The Morgan fingerprint density at radius 2 is 2.00 bits per heavy atom. The van der Waals surface area contributed by atoms with Crippen molar-refractivity contribution in [2.45, 2.75) is 12.8 Å². The molecule has 2 rings (SSSR count). The Hall–Kier alpha value is -1.33. The molecule has 104 valence electrons. The third kappa shape index (κ3) is 4.08. The van der Waals surface area contributed by atoms with Crippen LogP contribution in [0.15, 0.2) is 18.2 Å². The Kier molecular flexibility index (Phi) is 4.99. The number of hydrogen-bond acceptors (Lipinski definition) is 3. The molecule has 0 atom stereocenters. The van der Waals surface area contributed by atoms with Crippen LogP contribution < -0.4 is 5.32 Å². The molecule has 0 amide bonds. The Balaban J connectivity index is 1.80. The quantitative estimate of drug-likeness (QED) is 0.827. The fourth-order valence-electron chi connectivity index (χ4n) is 2.25. The molecule has 0 aliphatic carbocycles. The Morgan fingerprint density at radius 1 is 1.26 bits per heavy atom. The molecule has 1 saturated heterocycles. The number of benzene rings is 1. The average Bonchev–Trinajstić information content (AvgIpc) is 2.39. The van der Waals surface area contributed by atoms with E-state index < -0.39 is 11.6 Å². The number of Topliss-reactive ketones (excluding diaryl/α,β-unsaturated/α-hetero) is 1. The predicted molar refractivity (Wildman–Crippen MR) is 69.2 cm³/mol. The topological polar surface area (TPSA) is 32.3 Å². The minimum atomic E-state index is -0.771. The summed E-state index contributed by atoms with van der Waals surface area (Å²) >= 11 is 0. The smallest absolute Gasteiger partial charge is 0.165 e. The zero-order valence-electron chi connectivity index (χ0n) is 10.8. The fourth-order valence-corrected chi connectivity index (χ4v) is 2.25. The van der Waals surface area contributed by atoms with Crippen molar-refractivity contribution in [3.05, 3.63) is 35.4 Å². The number of rotatable bonds is 5. The highest BCUT2D eigenvalue weighted by atomic mass is 19.1. The van der Waals surface area contributed by atoms with E-state index in [0.717, 1.165) is 44.9 Å². The van der Waals surface area contributed by atoms with E-state index in [1.54, 1.807) is 0 Å². The van der Waals surface area contributed by atoms with Crippen LogP contribution in [0, 0.1) is 11.6 Å². The zero-order valence-corrected chi connectivity index (χ0v) is 10.8. The van der Waals surface area contributed by atoms with Crippen LogP contribution in [-0.2, 0) is 0 Å². The minimum absolute atomic E-state index is 0.0123. The minimum Gasteiger partial charge on any atom is -0.314 e. The lowest BCUT2D eigenvalue weighted by molar-refractivity contribution is 0.0969. The van der Waals surface area contributed by atoms with Gasteiger partial charge >= 0.3 is 0 Å². The summed E-state index contributed by atoms with van der Waals surface area (Å²) < 4.78 is 26.1. The number of piperazine rings is 1. The number of hydrogen-bond donors (Lipinski definition) is 1. The van der Waals surface area contributed by atoms with E-state index in [9.17, 15) is 13.6 Å². The number of carbonyl (C=O) groups is 1. The van der Waals surface area contributed by atoms with Crippen molar-refractivity contribution < 1.29 is 13.6 Å². The third-order valence-electron chi connectivity index (χ3n) is 3.32. The summed E-state index contributed by atoms with van der Waals surface area (Å²) in [7, 11) is 0. The van der Waals surface area contributed by atoms with Gasteiger partial charge in [0.1, 0.15) is 11.6 Å². The molecular formula is C14H18F2N2O. The van der Waals surface area contributed by atoms with Crippen LogP contribution in [0.2, 0.25) is 0 Å². The summed E-state index contributed by atoms with van der Waals surface area (Å²) in [4.78, 5) is 14.1. The standard InChI is InChI=1S/C14H18F2N2O/c15-11-3-4-12(13(16)10-11)14(19)2-1-7-18-8-5-17-6-9-18/h3-4,10,17H,1-2,5-9H2. The van der Waals surface area contributed by atoms with Crippen molar-refractivity contribution >= 4 is 5.78 Å². The van der Waals surface area contributed by atoms with Gasteiger partial charge in [-0.3, -0.25) is 4.79 Å². The lowest BCUT2D eigenvalue weighted by atomic mass is 10.1. The van der Waals surface area contributed by atoms with Gasteiger partial charge in [0.05, 0.1) is 5.56 Å². The van der Waals surface area contributed by atoms with Crippen LogP contribution in [0.3, 0.4) is 0 Å². The van der Waals surface area contributed by atoms with Gasteiger partial charge in [0, 0.05) is 38.7 Å². The second-order valence-electron chi connectivity index (χ2n) is 4.74. The first-order valence-electron chi connectivity index (χ1n) is 6.58. The average molecular weight is 268 g/mol. The maximum atomic E-state index is 13.4. The van der Waals surface area contributed by atoms with Crippen molar-refractivity contribution in [3.8, 4) is 0 Å². The van der Waals surface area contributed by atoms with Gasteiger partial charge in [0.15, 0.2) is 5.78 Å². The van der Waals surface area contributed by atoms with E-state index in [4.69, 9.17) is 0 Å². The van der Waals surface area contributed by atoms with Gasteiger partial charge in [-0.2, -0.15) is 0 Å². The lowest BCUT2D eigenvalue weighted by Gasteiger charge is -2.26. The number of nitrogens with zero attached hydrogens (tertiary/aromatic N) is 1. The zero-order chi connectivity index (χ0) is 13.7. The van der Waals surface area contributed by atoms with Crippen LogP contribution >= 0.6 is 0 Å². The first kappa shape index (κ1) is 14.1. The van der Waals surface area contributed by atoms with E-state index >= 15 is 0 Å². The van der Waals surface area contributed by atoms with Gasteiger partial charge in [-0.05, 0) is 25.1 Å². The molecule has 3 nitrogen and oxygen atoms in total. The van der Waals surface area contributed by atoms with Gasteiger partial charge in [-0.25, -0.2) is 8.78 Å². The van der Waals surface area contributed by atoms with Crippen molar-refractivity contribution in [1.82, 2.24) is 10.2 Å². The molecule has 0 bridgehead atoms. The van der Waals surface area contributed by atoms with E-state index in [0.29, 0.717) is 12.8 Å². The largest absolute Gasteiger partial charge is 0.314 e. The van der Waals surface area contributed by atoms with Crippen molar-refractivity contribution in [2.24, 2.45) is 0 Å². The van der Waals surface area contributed by atoms with E-state index in [1.165, 1.54) is 6.07 Å². The number of nitrogens with one attached hydrogen (secondary N) is 1. The summed E-state index contributed by atoms with van der Waals surface area (Å²) in [6, 6.07) is 3.09. The molecule has 0 spiro atoms. The molecule has 0 saturated carbocycles. The van der Waals surface area contributed by atoms with Gasteiger partial charge in [-0.1, -0.05) is 0 Å². The maximum Gasteiger partial charge on any atom is 0.165 e. The first-order chi connectivity index (χ1) is 9.16. The van der Waals surface area contributed by atoms with Crippen molar-refractivity contribution in [3.63, 3.8) is 0 Å². The molecular weight excluding hydrogens is 250 g/mol. The van der Waals surface area contributed by atoms with Crippen molar-refractivity contribution in [2.75, 3.05) is 32.7 Å². The monoisotopic (exact) mass is 268 g/mol. The van der Waals surface area contributed by atoms with Crippen LogP contribution in [-0.4, -0.2) is 43.4 Å². The summed E-state index contributed by atoms with van der Waals surface area (Å²) in [5, 5.41) is 3.26. The molecule has 1 heterocycles. The van der Waals surface area contributed by atoms with E-state index in [2.05, 4.69) is 10.2 Å². The maximum absolute atomic E-state index is 13.4. The number of halogens is 2.